The van der Waals surface area contributed by atoms with E-state index >= 15 is 0 Å². The van der Waals surface area contributed by atoms with Gasteiger partial charge in [-0.05, 0) is 6.42 Å². The van der Waals surface area contributed by atoms with Crippen LogP contribution in [-0.2, 0) is 14.3 Å². The number of methoxy groups -OCH3 is 1. The fourth-order valence-electron chi connectivity index (χ4n) is 2.19. The minimum absolute atomic E-state index is 0.105. The van der Waals surface area contributed by atoms with Crippen LogP contribution in [0.2, 0.25) is 0 Å². The molecule has 0 aliphatic carbocycles. The molecule has 1 fully saturated rings. The van der Waals surface area contributed by atoms with Gasteiger partial charge in [0.05, 0.1) is 24.6 Å². The standard InChI is InChI=1S/C10H13NO3/c1-3-7-8-4-6(10(13)14-2)5-11(8)9(7)12/h5,7-8H,3-4H2,1-2H3/t7?,8-/m1/s1. The van der Waals surface area contributed by atoms with Gasteiger partial charge in [0.15, 0.2) is 0 Å². The number of nitrogens with zero attached hydrogens (tertiary/aromatic N) is 1. The van der Waals surface area contributed by atoms with E-state index in [0.29, 0.717) is 12.0 Å². The Morgan fingerprint density at radius 1 is 1.71 bits per heavy atom. The fourth-order valence-corrected chi connectivity index (χ4v) is 2.19. The fraction of sp³-hybridized carbons (Fsp3) is 0.600. The van der Waals surface area contributed by atoms with Gasteiger partial charge in [-0.2, -0.15) is 0 Å². The van der Waals surface area contributed by atoms with Gasteiger partial charge in [-0.25, -0.2) is 4.79 Å². The molecule has 4 nitrogen and oxygen atoms in total. The molecule has 1 amide bonds. The molecule has 2 aliphatic rings. The second-order valence-electron chi connectivity index (χ2n) is 3.68. The Hall–Kier alpha value is -1.32. The highest BCUT2D eigenvalue weighted by atomic mass is 16.5. The summed E-state index contributed by atoms with van der Waals surface area (Å²) < 4.78 is 4.62. The first kappa shape index (κ1) is 9.24. The quantitative estimate of drug-likeness (QED) is 0.481. The topological polar surface area (TPSA) is 46.6 Å². The molecule has 0 radical (unpaired) electrons. The highest BCUT2D eigenvalue weighted by Gasteiger charge is 2.49. The average Bonchev–Trinajstić information content (AvgIpc) is 2.58. The van der Waals surface area contributed by atoms with Gasteiger partial charge in [0, 0.05) is 12.6 Å². The van der Waals surface area contributed by atoms with E-state index in [1.165, 1.54) is 7.11 Å². The molecule has 2 rings (SSSR count). The number of hydrogen-bond donors (Lipinski definition) is 0. The van der Waals surface area contributed by atoms with Crippen LogP contribution in [0.5, 0.6) is 0 Å². The molecule has 0 aromatic rings. The molecule has 0 N–H and O–H groups in total. The molecule has 14 heavy (non-hydrogen) atoms. The summed E-state index contributed by atoms with van der Waals surface area (Å²) in [6.07, 6.45) is 3.13. The van der Waals surface area contributed by atoms with Gasteiger partial charge in [-0.1, -0.05) is 6.92 Å². The van der Waals surface area contributed by atoms with Crippen molar-refractivity contribution in [1.29, 1.82) is 0 Å². The predicted octanol–water partition coefficient (Wildman–Crippen LogP) is 0.684. The monoisotopic (exact) mass is 195 g/mol. The normalized spacial score (nSPS) is 29.4. The Balaban J connectivity index is 2.10. The van der Waals surface area contributed by atoms with Crippen LogP contribution >= 0.6 is 0 Å². The predicted molar refractivity (Wildman–Crippen MR) is 49.1 cm³/mol. The van der Waals surface area contributed by atoms with Gasteiger partial charge in [-0.3, -0.25) is 4.79 Å². The number of rotatable bonds is 2. The van der Waals surface area contributed by atoms with Crippen molar-refractivity contribution in [1.82, 2.24) is 4.90 Å². The third-order valence-electron chi connectivity index (χ3n) is 3.00. The lowest BCUT2D eigenvalue weighted by Gasteiger charge is -2.41. The first-order chi connectivity index (χ1) is 6.69. The van der Waals surface area contributed by atoms with Crippen LogP contribution in [0.3, 0.4) is 0 Å². The minimum Gasteiger partial charge on any atom is -0.466 e. The van der Waals surface area contributed by atoms with Crippen LogP contribution in [0.4, 0.5) is 0 Å². The molecule has 0 saturated carbocycles. The largest absolute Gasteiger partial charge is 0.466 e. The number of carbonyl (C=O) groups excluding carboxylic acids is 2. The van der Waals surface area contributed by atoms with Gasteiger partial charge in [-0.15, -0.1) is 0 Å². The van der Waals surface area contributed by atoms with Gasteiger partial charge in [0.25, 0.3) is 0 Å². The summed E-state index contributed by atoms with van der Waals surface area (Å²) in [5, 5.41) is 0. The highest BCUT2D eigenvalue weighted by Crippen LogP contribution is 2.39. The van der Waals surface area contributed by atoms with Crippen molar-refractivity contribution >= 4 is 11.9 Å². The van der Waals surface area contributed by atoms with Crippen LogP contribution < -0.4 is 0 Å². The zero-order valence-electron chi connectivity index (χ0n) is 8.32. The SMILES string of the molecule is CCC1C(=O)N2C=C(C(=O)OC)C[C@H]12. The Labute approximate surface area is 82.5 Å². The van der Waals surface area contributed by atoms with Gasteiger partial charge in [0.1, 0.15) is 0 Å². The van der Waals surface area contributed by atoms with Gasteiger partial charge >= 0.3 is 5.97 Å². The van der Waals surface area contributed by atoms with Crippen molar-refractivity contribution < 1.29 is 14.3 Å². The van der Waals surface area contributed by atoms with Crippen molar-refractivity contribution in [2.75, 3.05) is 7.11 Å². The maximum absolute atomic E-state index is 11.5. The Kier molecular flexibility index (Phi) is 2.06. The van der Waals surface area contributed by atoms with Crippen LogP contribution in [0.1, 0.15) is 19.8 Å². The van der Waals surface area contributed by atoms with Crippen LogP contribution in [-0.4, -0.2) is 29.9 Å². The lowest BCUT2D eigenvalue weighted by atomic mass is 9.85. The molecule has 0 bridgehead atoms. The molecule has 2 aliphatic heterocycles. The summed E-state index contributed by atoms with van der Waals surface area (Å²) in [6.45, 7) is 2.00. The van der Waals surface area contributed by atoms with Crippen LogP contribution in [0.25, 0.3) is 0 Å². The smallest absolute Gasteiger partial charge is 0.335 e. The number of β-lactam (4-membered cyclic amide) rings is 1. The third kappa shape index (κ3) is 1.06. The molecular weight excluding hydrogens is 182 g/mol. The number of ether oxygens (including phenoxy) is 1. The molecule has 0 aromatic carbocycles. The molecule has 0 spiro atoms. The van der Waals surface area contributed by atoms with Crippen molar-refractivity contribution in [3.63, 3.8) is 0 Å². The summed E-state index contributed by atoms with van der Waals surface area (Å²) >= 11 is 0. The molecule has 76 valence electrons. The maximum atomic E-state index is 11.5. The van der Waals surface area contributed by atoms with Crippen molar-refractivity contribution in [3.05, 3.63) is 11.8 Å². The Morgan fingerprint density at radius 3 is 3.00 bits per heavy atom. The Bertz CT molecular complexity index is 321. The maximum Gasteiger partial charge on any atom is 0.335 e. The molecule has 0 aromatic heterocycles. The van der Waals surface area contributed by atoms with E-state index in [4.69, 9.17) is 0 Å². The van der Waals surface area contributed by atoms with E-state index < -0.39 is 0 Å². The summed E-state index contributed by atoms with van der Waals surface area (Å²) in [6, 6.07) is 0.210. The molecule has 1 saturated heterocycles. The molecule has 1 unspecified atom stereocenters. The van der Waals surface area contributed by atoms with Crippen LogP contribution in [0, 0.1) is 5.92 Å². The molecular formula is C10H13NO3. The van der Waals surface area contributed by atoms with E-state index in [1.54, 1.807) is 11.1 Å². The second-order valence-corrected chi connectivity index (χ2v) is 3.68. The first-order valence-corrected chi connectivity index (χ1v) is 4.80. The summed E-state index contributed by atoms with van der Waals surface area (Å²) in [5.74, 6) is -0.0770. The molecule has 2 heterocycles. The van der Waals surface area contributed by atoms with Gasteiger partial charge in [0.2, 0.25) is 5.91 Å². The summed E-state index contributed by atoms with van der Waals surface area (Å²) in [5.41, 5.74) is 0.613. The summed E-state index contributed by atoms with van der Waals surface area (Å²) in [4.78, 5) is 24.3. The van der Waals surface area contributed by atoms with Crippen LogP contribution in [0.15, 0.2) is 11.8 Å². The third-order valence-corrected chi connectivity index (χ3v) is 3.00. The van der Waals surface area contributed by atoms with Gasteiger partial charge < -0.3 is 9.64 Å². The number of fused-ring (bicyclic) bond motifs is 1. The van der Waals surface area contributed by atoms with E-state index in [9.17, 15) is 9.59 Å². The zero-order chi connectivity index (χ0) is 10.3. The van der Waals surface area contributed by atoms with E-state index in [1.807, 2.05) is 6.92 Å². The van der Waals surface area contributed by atoms with Crippen molar-refractivity contribution in [2.24, 2.45) is 5.92 Å². The van der Waals surface area contributed by atoms with E-state index in [-0.39, 0.29) is 23.8 Å². The average molecular weight is 195 g/mol. The number of hydrogen-bond acceptors (Lipinski definition) is 3. The van der Waals surface area contributed by atoms with Crippen molar-refractivity contribution in [3.8, 4) is 0 Å². The number of amides is 1. The highest BCUT2D eigenvalue weighted by molar-refractivity contribution is 5.94. The minimum atomic E-state index is -0.318. The number of carbonyl (C=O) groups is 2. The first-order valence-electron chi connectivity index (χ1n) is 4.80. The number of esters is 1. The molecule has 2 atom stereocenters. The van der Waals surface area contributed by atoms with Crippen molar-refractivity contribution in [2.45, 2.75) is 25.8 Å². The van der Waals surface area contributed by atoms with E-state index in [0.717, 1.165) is 6.42 Å². The van der Waals surface area contributed by atoms with E-state index in [2.05, 4.69) is 4.74 Å². The molecule has 4 heteroatoms. The lowest BCUT2D eigenvalue weighted by Crippen LogP contribution is -2.55. The zero-order valence-corrected chi connectivity index (χ0v) is 8.32. The summed E-state index contributed by atoms with van der Waals surface area (Å²) in [7, 11) is 1.36. The lowest BCUT2D eigenvalue weighted by molar-refractivity contribution is -0.149. The second kappa shape index (κ2) is 3.12. The Morgan fingerprint density at radius 2 is 2.43 bits per heavy atom.